The number of carbonyl (C=O) groups excluding carboxylic acids is 2. The maximum Gasteiger partial charge on any atom is 0.418 e. The lowest BCUT2D eigenvalue weighted by molar-refractivity contribution is -0.139. The van der Waals surface area contributed by atoms with Gasteiger partial charge in [0.1, 0.15) is 5.70 Å². The van der Waals surface area contributed by atoms with E-state index in [0.717, 1.165) is 25.2 Å². The predicted octanol–water partition coefficient (Wildman–Crippen LogP) is 4.61. The Morgan fingerprint density at radius 1 is 1.11 bits per heavy atom. The molecule has 1 aliphatic heterocycles. The van der Waals surface area contributed by atoms with Crippen LogP contribution in [0.5, 0.6) is 0 Å². The van der Waals surface area contributed by atoms with Gasteiger partial charge in [-0.1, -0.05) is 33.6 Å². The minimum Gasteiger partial charge on any atom is -0.465 e. The molecule has 0 spiro atoms. The second-order valence-electron chi connectivity index (χ2n) is 5.10. The van der Waals surface area contributed by atoms with Gasteiger partial charge in [0.15, 0.2) is 0 Å². The summed E-state index contributed by atoms with van der Waals surface area (Å²) in [6.07, 6.45) is 0.327. The van der Waals surface area contributed by atoms with Gasteiger partial charge >= 0.3 is 18.1 Å². The van der Waals surface area contributed by atoms with E-state index in [0.29, 0.717) is 0 Å². The van der Waals surface area contributed by atoms with E-state index in [1.807, 2.05) is 0 Å². The number of rotatable bonds is 3. The Labute approximate surface area is 165 Å². The average Bonchev–Trinajstić information content (AvgIpc) is 2.81. The smallest absolute Gasteiger partial charge is 0.418 e. The first kappa shape index (κ1) is 21.0. The molecule has 0 fully saturated rings. The fourth-order valence-electron chi connectivity index (χ4n) is 2.36. The van der Waals surface area contributed by atoms with E-state index in [1.54, 1.807) is 0 Å². The highest BCUT2D eigenvalue weighted by molar-refractivity contribution is 9.10. The molecule has 2 rings (SSSR count). The molecule has 10 heteroatoms. The van der Waals surface area contributed by atoms with Crippen LogP contribution in [0.25, 0.3) is 0 Å². The fourth-order valence-corrected chi connectivity index (χ4v) is 3.26. The van der Waals surface area contributed by atoms with Gasteiger partial charge in [-0.3, -0.25) is 0 Å². The van der Waals surface area contributed by atoms with Gasteiger partial charge in [0.25, 0.3) is 0 Å². The molecule has 144 valence electrons. The molecule has 0 radical (unpaired) electrons. The van der Waals surface area contributed by atoms with Crippen molar-refractivity contribution in [1.82, 2.24) is 0 Å². The zero-order valence-electron chi connectivity index (χ0n) is 13.9. The van der Waals surface area contributed by atoms with Crippen LogP contribution in [0, 0.1) is 0 Å². The molecular formula is C17H12BrClF3NO4. The molecule has 0 saturated carbocycles. The van der Waals surface area contributed by atoms with Crippen LogP contribution in [0.15, 0.2) is 52.3 Å². The van der Waals surface area contributed by atoms with Crippen molar-refractivity contribution in [3.63, 3.8) is 0 Å². The Kier molecular flexibility index (Phi) is 6.38. The number of hydrogen-bond acceptors (Lipinski definition) is 5. The fraction of sp³-hybridized carbons (Fsp3) is 0.176. The number of carbonyl (C=O) groups is 2. The number of hydrogen-bond donors (Lipinski definition) is 0. The molecule has 1 aliphatic rings. The summed E-state index contributed by atoms with van der Waals surface area (Å²) in [4.78, 5) is 25.3. The summed E-state index contributed by atoms with van der Waals surface area (Å²) < 4.78 is 50.3. The Morgan fingerprint density at radius 2 is 1.74 bits per heavy atom. The van der Waals surface area contributed by atoms with Crippen molar-refractivity contribution in [3.8, 4) is 0 Å². The van der Waals surface area contributed by atoms with Crippen LogP contribution in [-0.4, -0.2) is 26.2 Å². The molecular weight excluding hydrogens is 455 g/mol. The van der Waals surface area contributed by atoms with Crippen molar-refractivity contribution >= 4 is 45.2 Å². The third-order valence-corrected chi connectivity index (χ3v) is 4.21. The quantitative estimate of drug-likeness (QED) is 0.609. The Morgan fingerprint density at radius 3 is 2.30 bits per heavy atom. The number of ether oxygens (including phenoxy) is 2. The third-order valence-electron chi connectivity index (χ3n) is 3.46. The molecule has 0 aromatic heterocycles. The molecule has 0 saturated heterocycles. The summed E-state index contributed by atoms with van der Waals surface area (Å²) in [7, 11) is 2.11. The van der Waals surface area contributed by atoms with E-state index in [1.165, 1.54) is 30.5 Å². The van der Waals surface area contributed by atoms with Gasteiger partial charge in [0.2, 0.25) is 0 Å². The molecule has 0 bridgehead atoms. The Bertz CT molecular complexity index is 878. The number of alkyl halides is 3. The molecule has 5 nitrogen and oxygen atoms in total. The lowest BCUT2D eigenvalue weighted by Crippen LogP contribution is -2.29. The van der Waals surface area contributed by atoms with Crippen LogP contribution in [0.2, 0.25) is 5.02 Å². The van der Waals surface area contributed by atoms with E-state index < -0.39 is 35.1 Å². The number of anilines is 1. The highest BCUT2D eigenvalue weighted by Crippen LogP contribution is 2.44. The lowest BCUT2D eigenvalue weighted by Gasteiger charge is -2.27. The van der Waals surface area contributed by atoms with E-state index >= 15 is 0 Å². The van der Waals surface area contributed by atoms with Crippen molar-refractivity contribution in [2.75, 3.05) is 19.1 Å². The first-order valence-corrected chi connectivity index (χ1v) is 8.40. The zero-order valence-corrected chi connectivity index (χ0v) is 16.3. The van der Waals surface area contributed by atoms with Crippen molar-refractivity contribution in [2.24, 2.45) is 0 Å². The molecule has 27 heavy (non-hydrogen) atoms. The minimum absolute atomic E-state index is 0.0947. The molecule has 1 aromatic carbocycles. The van der Waals surface area contributed by atoms with Gasteiger partial charge in [-0.15, -0.1) is 0 Å². The van der Waals surface area contributed by atoms with Gasteiger partial charge in [-0.05, 0) is 24.3 Å². The predicted molar refractivity (Wildman–Crippen MR) is 96.0 cm³/mol. The van der Waals surface area contributed by atoms with Crippen LogP contribution in [0.3, 0.4) is 0 Å². The van der Waals surface area contributed by atoms with E-state index in [4.69, 9.17) is 11.6 Å². The molecule has 0 atom stereocenters. The zero-order chi connectivity index (χ0) is 20.4. The molecule has 1 heterocycles. The summed E-state index contributed by atoms with van der Waals surface area (Å²) in [6, 6.07) is 2.06. The largest absolute Gasteiger partial charge is 0.465 e. The number of allylic oxidation sites excluding steroid dienone is 2. The summed E-state index contributed by atoms with van der Waals surface area (Å²) in [5.74, 6) is -1.97. The molecule has 1 aromatic rings. The highest BCUT2D eigenvalue weighted by Gasteiger charge is 2.39. The van der Waals surface area contributed by atoms with E-state index in [9.17, 15) is 22.8 Å². The second kappa shape index (κ2) is 8.18. The molecule has 0 unspecified atom stereocenters. The number of halogens is 5. The number of nitrogens with zero attached hydrogens (tertiary/aromatic N) is 1. The van der Waals surface area contributed by atoms with Gasteiger partial charge < -0.3 is 14.4 Å². The van der Waals surface area contributed by atoms with Crippen molar-refractivity contribution in [3.05, 3.63) is 62.9 Å². The van der Waals surface area contributed by atoms with Crippen LogP contribution in [-0.2, 0) is 25.2 Å². The minimum atomic E-state index is -4.79. The number of benzene rings is 1. The van der Waals surface area contributed by atoms with Crippen LogP contribution in [0.1, 0.15) is 5.56 Å². The van der Waals surface area contributed by atoms with Gasteiger partial charge in [-0.25, -0.2) is 9.59 Å². The van der Waals surface area contributed by atoms with Gasteiger partial charge in [0.05, 0.1) is 36.1 Å². The van der Waals surface area contributed by atoms with E-state index in [-0.39, 0.29) is 15.1 Å². The summed E-state index contributed by atoms with van der Waals surface area (Å²) in [6.45, 7) is 0. The third kappa shape index (κ3) is 4.36. The van der Waals surface area contributed by atoms with Crippen molar-refractivity contribution < 1.29 is 32.2 Å². The van der Waals surface area contributed by atoms with Crippen molar-refractivity contribution in [2.45, 2.75) is 6.18 Å². The first-order chi connectivity index (χ1) is 12.6. The highest BCUT2D eigenvalue weighted by atomic mass is 79.9. The lowest BCUT2D eigenvalue weighted by atomic mass is 10.1. The number of methoxy groups -OCH3 is 2. The molecule has 0 N–H and O–H groups in total. The van der Waals surface area contributed by atoms with Gasteiger partial charge in [-0.2, -0.15) is 13.2 Å². The van der Waals surface area contributed by atoms with Crippen LogP contribution in [0.4, 0.5) is 18.9 Å². The summed E-state index contributed by atoms with van der Waals surface area (Å²) in [5.41, 5.74) is -2.40. The second-order valence-corrected chi connectivity index (χ2v) is 6.42. The maximum absolute atomic E-state index is 13.6. The van der Waals surface area contributed by atoms with Crippen LogP contribution >= 0.6 is 27.5 Å². The first-order valence-electron chi connectivity index (χ1n) is 7.23. The van der Waals surface area contributed by atoms with Crippen molar-refractivity contribution in [1.29, 1.82) is 0 Å². The Balaban J connectivity index is 2.87. The van der Waals surface area contributed by atoms with Crippen LogP contribution < -0.4 is 4.90 Å². The maximum atomic E-state index is 13.6. The summed E-state index contributed by atoms with van der Waals surface area (Å²) in [5, 5.41) is -0.297. The number of esters is 2. The Hall–Kier alpha value is -2.26. The topological polar surface area (TPSA) is 55.8 Å². The normalized spacial score (nSPS) is 14.3. The average molecular weight is 467 g/mol. The standard InChI is InChI=1S/C17H12BrClF3NO4/c1-26-15(24)10-5-3-4-6-23(13(10)16(25)27-2)14-11(17(20,21)22)7-9(18)8-12(14)19/h3-8H,1-2H3. The van der Waals surface area contributed by atoms with E-state index in [2.05, 4.69) is 25.4 Å². The monoisotopic (exact) mass is 465 g/mol. The molecule has 0 aliphatic carbocycles. The SMILES string of the molecule is COC(=O)C1=C(C(=O)OC)N(c2c(Cl)cc(Br)cc2C(F)(F)F)C=CC=C1. The summed E-state index contributed by atoms with van der Waals surface area (Å²) >= 11 is 9.06. The van der Waals surface area contributed by atoms with Gasteiger partial charge in [0, 0.05) is 10.7 Å². The molecule has 0 amide bonds.